The highest BCUT2D eigenvalue weighted by molar-refractivity contribution is 5.69. The van der Waals surface area contributed by atoms with Crippen LogP contribution in [-0.2, 0) is 4.74 Å². The van der Waals surface area contributed by atoms with E-state index >= 15 is 0 Å². The minimum Gasteiger partial charge on any atom is -0.444 e. The van der Waals surface area contributed by atoms with Gasteiger partial charge in [0.05, 0.1) is 19.2 Å². The number of likely N-dealkylation sites (tertiary alicyclic amines) is 1. The van der Waals surface area contributed by atoms with Crippen LogP contribution in [0.5, 0.6) is 0 Å². The average Bonchev–Trinajstić information content (AvgIpc) is 2.07. The molecule has 100 valence electrons. The van der Waals surface area contributed by atoms with Gasteiger partial charge in [0.2, 0.25) is 0 Å². The number of nitrogens with zero attached hydrogens (tertiary/aromatic N) is 1. The Kier molecular flexibility index (Phi) is 4.77. The molecular weight excluding hydrogens is 220 g/mol. The van der Waals surface area contributed by atoms with Crippen LogP contribution in [0.1, 0.15) is 27.7 Å². The molecule has 0 atom stereocenters. The largest absolute Gasteiger partial charge is 0.444 e. The maximum Gasteiger partial charge on any atom is 0.410 e. The van der Waals surface area contributed by atoms with Gasteiger partial charge in [0, 0.05) is 0 Å². The molecule has 2 saturated heterocycles. The minimum absolute atomic E-state index is 0.340. The van der Waals surface area contributed by atoms with E-state index in [1.165, 1.54) is 18.0 Å². The van der Waals surface area contributed by atoms with E-state index in [0.717, 1.165) is 5.92 Å². The Bertz CT molecular complexity index is 253. The number of aliphatic hydroxyl groups is 1. The van der Waals surface area contributed by atoms with Crippen molar-refractivity contribution in [2.75, 3.05) is 26.2 Å². The molecule has 0 saturated carbocycles. The van der Waals surface area contributed by atoms with Gasteiger partial charge in [-0.2, -0.15) is 0 Å². The Morgan fingerprint density at radius 2 is 1.82 bits per heavy atom. The zero-order valence-electron chi connectivity index (χ0n) is 11.2. The van der Waals surface area contributed by atoms with Gasteiger partial charge in [-0.1, -0.05) is 6.92 Å². The number of carbonyl (C=O) groups excluding carboxylic acids is 1. The average molecular weight is 244 g/mol. The topological polar surface area (TPSA) is 61.8 Å². The van der Waals surface area contributed by atoms with Crippen LogP contribution in [0.3, 0.4) is 0 Å². The molecule has 0 aliphatic carbocycles. The first kappa shape index (κ1) is 14.3. The Morgan fingerprint density at radius 1 is 1.35 bits per heavy atom. The minimum atomic E-state index is -0.447. The van der Waals surface area contributed by atoms with E-state index in [1.807, 2.05) is 20.8 Å². The standard InChI is InChI=1S/C8H15NO3.C4H9N/c1-8(2,3)12-7(11)9-4-6(10)5-9;1-4-2-5-3-4/h6,10H,4-5H2,1-3H3;4-5H,2-3H2,1H3. The predicted molar refractivity (Wildman–Crippen MR) is 65.8 cm³/mol. The fourth-order valence-electron chi connectivity index (χ4n) is 1.36. The first-order valence-electron chi connectivity index (χ1n) is 6.14. The summed E-state index contributed by atoms with van der Waals surface area (Å²) in [5, 5.41) is 12.1. The third-order valence-corrected chi connectivity index (χ3v) is 2.50. The molecule has 0 spiro atoms. The van der Waals surface area contributed by atoms with Crippen molar-refractivity contribution in [1.82, 2.24) is 10.2 Å². The molecule has 5 nitrogen and oxygen atoms in total. The van der Waals surface area contributed by atoms with Crippen molar-refractivity contribution in [3.63, 3.8) is 0 Å². The summed E-state index contributed by atoms with van der Waals surface area (Å²) in [7, 11) is 0. The second-order valence-corrected chi connectivity index (χ2v) is 5.80. The monoisotopic (exact) mass is 244 g/mol. The number of hydrogen-bond acceptors (Lipinski definition) is 4. The van der Waals surface area contributed by atoms with E-state index < -0.39 is 5.60 Å². The highest BCUT2D eigenvalue weighted by Gasteiger charge is 2.32. The smallest absolute Gasteiger partial charge is 0.410 e. The Hall–Kier alpha value is -0.810. The lowest BCUT2D eigenvalue weighted by molar-refractivity contribution is -0.0303. The van der Waals surface area contributed by atoms with Crippen molar-refractivity contribution < 1.29 is 14.6 Å². The summed E-state index contributed by atoms with van der Waals surface area (Å²) in [5.74, 6) is 0.954. The summed E-state index contributed by atoms with van der Waals surface area (Å²) in [4.78, 5) is 12.7. The van der Waals surface area contributed by atoms with Gasteiger partial charge in [0.15, 0.2) is 0 Å². The summed E-state index contributed by atoms with van der Waals surface area (Å²) >= 11 is 0. The van der Waals surface area contributed by atoms with E-state index in [4.69, 9.17) is 9.84 Å². The molecule has 0 aromatic carbocycles. The lowest BCUT2D eigenvalue weighted by atomic mass is 10.1. The summed E-state index contributed by atoms with van der Waals surface area (Å²) in [5.41, 5.74) is -0.447. The molecule has 0 unspecified atom stereocenters. The first-order chi connectivity index (χ1) is 7.78. The van der Waals surface area contributed by atoms with Gasteiger partial charge in [-0.05, 0) is 39.8 Å². The SMILES string of the molecule is CC(C)(C)OC(=O)N1CC(O)C1.CC1CNC1. The van der Waals surface area contributed by atoms with Crippen molar-refractivity contribution in [2.24, 2.45) is 5.92 Å². The van der Waals surface area contributed by atoms with Gasteiger partial charge in [0.1, 0.15) is 5.60 Å². The lowest BCUT2D eigenvalue weighted by Crippen LogP contribution is -2.54. The van der Waals surface area contributed by atoms with E-state index in [0.29, 0.717) is 13.1 Å². The molecule has 2 rings (SSSR count). The molecule has 0 aromatic rings. The van der Waals surface area contributed by atoms with Crippen LogP contribution < -0.4 is 5.32 Å². The molecular formula is C12H24N2O3. The van der Waals surface area contributed by atoms with E-state index in [2.05, 4.69) is 12.2 Å². The molecule has 0 bridgehead atoms. The quantitative estimate of drug-likeness (QED) is 0.662. The molecule has 17 heavy (non-hydrogen) atoms. The summed E-state index contributed by atoms with van der Waals surface area (Å²) in [6, 6.07) is 0. The highest BCUT2D eigenvalue weighted by Crippen LogP contribution is 2.14. The summed E-state index contributed by atoms with van der Waals surface area (Å²) in [6.07, 6.45) is -0.703. The summed E-state index contributed by atoms with van der Waals surface area (Å²) < 4.78 is 5.07. The van der Waals surface area contributed by atoms with Crippen molar-refractivity contribution in [1.29, 1.82) is 0 Å². The summed E-state index contributed by atoms with van der Waals surface area (Å²) in [6.45, 7) is 11.0. The van der Waals surface area contributed by atoms with Crippen LogP contribution in [0.15, 0.2) is 0 Å². The Labute approximate surface area is 103 Å². The highest BCUT2D eigenvalue weighted by atomic mass is 16.6. The van der Waals surface area contributed by atoms with E-state index in [-0.39, 0.29) is 12.2 Å². The zero-order valence-corrected chi connectivity index (χ0v) is 11.2. The van der Waals surface area contributed by atoms with Gasteiger partial charge >= 0.3 is 6.09 Å². The second-order valence-electron chi connectivity index (χ2n) is 5.80. The maximum absolute atomic E-state index is 11.2. The van der Waals surface area contributed by atoms with Crippen molar-refractivity contribution in [3.8, 4) is 0 Å². The number of nitrogens with one attached hydrogen (secondary N) is 1. The predicted octanol–water partition coefficient (Wildman–Crippen LogP) is 0.824. The normalized spacial score (nSPS) is 20.9. The van der Waals surface area contributed by atoms with Crippen LogP contribution in [0.2, 0.25) is 0 Å². The number of carbonyl (C=O) groups is 1. The number of hydrogen-bond donors (Lipinski definition) is 2. The fourth-order valence-corrected chi connectivity index (χ4v) is 1.36. The third kappa shape index (κ3) is 5.37. The molecule has 2 aliphatic rings. The molecule has 5 heteroatoms. The molecule has 1 amide bonds. The van der Waals surface area contributed by atoms with Crippen LogP contribution in [0.25, 0.3) is 0 Å². The van der Waals surface area contributed by atoms with Gasteiger partial charge < -0.3 is 20.1 Å². The number of aliphatic hydroxyl groups excluding tert-OH is 1. The fraction of sp³-hybridized carbons (Fsp3) is 0.917. The third-order valence-electron chi connectivity index (χ3n) is 2.50. The second kappa shape index (κ2) is 5.69. The van der Waals surface area contributed by atoms with Gasteiger partial charge in [-0.25, -0.2) is 4.79 Å². The number of β-amino-alcohol motifs (C(OH)–C–C–N with tert-alkyl or cyclic N) is 1. The first-order valence-corrected chi connectivity index (χ1v) is 6.14. The van der Waals surface area contributed by atoms with Gasteiger partial charge in [0.25, 0.3) is 0 Å². The Morgan fingerprint density at radius 3 is 2.06 bits per heavy atom. The molecule has 2 N–H and O–H groups in total. The number of ether oxygens (including phenoxy) is 1. The van der Waals surface area contributed by atoms with Crippen LogP contribution >= 0.6 is 0 Å². The van der Waals surface area contributed by atoms with Gasteiger partial charge in [-0.15, -0.1) is 0 Å². The van der Waals surface area contributed by atoms with Crippen molar-refractivity contribution >= 4 is 6.09 Å². The van der Waals surface area contributed by atoms with E-state index in [1.54, 1.807) is 0 Å². The van der Waals surface area contributed by atoms with Crippen LogP contribution in [0, 0.1) is 5.92 Å². The molecule has 0 radical (unpaired) electrons. The van der Waals surface area contributed by atoms with Crippen molar-refractivity contribution in [3.05, 3.63) is 0 Å². The zero-order chi connectivity index (χ0) is 13.1. The molecule has 2 heterocycles. The van der Waals surface area contributed by atoms with Crippen LogP contribution in [0.4, 0.5) is 4.79 Å². The molecule has 0 aromatic heterocycles. The number of amides is 1. The van der Waals surface area contributed by atoms with Crippen LogP contribution in [-0.4, -0.2) is 54.0 Å². The molecule has 2 fully saturated rings. The van der Waals surface area contributed by atoms with Gasteiger partial charge in [-0.3, -0.25) is 0 Å². The maximum atomic E-state index is 11.2. The molecule has 2 aliphatic heterocycles. The van der Waals surface area contributed by atoms with E-state index in [9.17, 15) is 4.79 Å². The Balaban J connectivity index is 0.000000239. The lowest BCUT2D eigenvalue weighted by Gasteiger charge is -2.36. The number of rotatable bonds is 0. The van der Waals surface area contributed by atoms with Crippen molar-refractivity contribution in [2.45, 2.75) is 39.4 Å².